The fourth-order valence-electron chi connectivity index (χ4n) is 1.32. The van der Waals surface area contributed by atoms with Crippen molar-refractivity contribution in [3.8, 4) is 0 Å². The molecule has 1 unspecified atom stereocenters. The second-order valence-corrected chi connectivity index (χ2v) is 7.24. The van der Waals surface area contributed by atoms with Gasteiger partial charge in [0.2, 0.25) is 15.9 Å². The van der Waals surface area contributed by atoms with Crippen LogP contribution in [0, 0.1) is 0 Å². The van der Waals surface area contributed by atoms with Gasteiger partial charge in [-0.2, -0.15) is 11.8 Å². The Morgan fingerprint density at radius 3 is 2.63 bits per heavy atom. The molecule has 0 heterocycles. The van der Waals surface area contributed by atoms with Gasteiger partial charge in [0, 0.05) is 18.9 Å². The number of carbonyl (C=O) groups excluding carboxylic acids is 1. The lowest BCUT2D eigenvalue weighted by Crippen LogP contribution is -2.45. The standard InChI is InChI=1S/C11H24N2O4S2/c1-3-9-19(16,17)13-10(2)11(15)12-5-8-18-7-4-6-14/h10,13-14H,3-9H2,1-2H3,(H,12,15). The maximum atomic E-state index is 11.6. The predicted molar refractivity (Wildman–Crippen MR) is 78.7 cm³/mol. The van der Waals surface area contributed by atoms with E-state index in [9.17, 15) is 13.2 Å². The summed E-state index contributed by atoms with van der Waals surface area (Å²) in [6, 6.07) is -0.751. The molecule has 0 fully saturated rings. The predicted octanol–water partition coefficient (Wildman–Crippen LogP) is -0.0639. The second kappa shape index (κ2) is 10.5. The van der Waals surface area contributed by atoms with Gasteiger partial charge in [-0.1, -0.05) is 6.92 Å². The number of sulfonamides is 1. The van der Waals surface area contributed by atoms with Crippen molar-refractivity contribution in [2.24, 2.45) is 0 Å². The third-order valence-electron chi connectivity index (χ3n) is 2.21. The van der Waals surface area contributed by atoms with E-state index < -0.39 is 16.1 Å². The van der Waals surface area contributed by atoms with E-state index in [2.05, 4.69) is 10.0 Å². The molecule has 19 heavy (non-hydrogen) atoms. The molecule has 0 saturated heterocycles. The molecule has 114 valence electrons. The third-order valence-corrected chi connectivity index (χ3v) is 4.94. The van der Waals surface area contributed by atoms with E-state index in [1.54, 1.807) is 18.7 Å². The molecule has 6 nitrogen and oxygen atoms in total. The van der Waals surface area contributed by atoms with Crippen LogP contribution in [0.15, 0.2) is 0 Å². The lowest BCUT2D eigenvalue weighted by molar-refractivity contribution is -0.122. The summed E-state index contributed by atoms with van der Waals surface area (Å²) in [6.07, 6.45) is 1.26. The van der Waals surface area contributed by atoms with Crippen molar-refractivity contribution in [1.82, 2.24) is 10.0 Å². The molecule has 0 aliphatic rings. The number of nitrogens with one attached hydrogen (secondary N) is 2. The molecule has 0 aromatic heterocycles. The zero-order valence-electron chi connectivity index (χ0n) is 11.5. The van der Waals surface area contributed by atoms with E-state index in [4.69, 9.17) is 5.11 Å². The van der Waals surface area contributed by atoms with E-state index in [0.717, 1.165) is 17.9 Å². The molecule has 1 atom stereocenters. The minimum absolute atomic E-state index is 0.0294. The Balaban J connectivity index is 3.82. The monoisotopic (exact) mass is 312 g/mol. The molecule has 0 aliphatic heterocycles. The van der Waals surface area contributed by atoms with Gasteiger partial charge < -0.3 is 10.4 Å². The molecule has 0 aromatic rings. The summed E-state index contributed by atoms with van der Waals surface area (Å²) in [5.74, 6) is 1.31. The van der Waals surface area contributed by atoms with E-state index in [1.165, 1.54) is 6.92 Å². The zero-order chi connectivity index (χ0) is 14.7. The summed E-state index contributed by atoms with van der Waals surface area (Å²) in [6.45, 7) is 3.97. The molecule has 0 aromatic carbocycles. The van der Waals surface area contributed by atoms with Crippen LogP contribution in [-0.4, -0.2) is 55.9 Å². The van der Waals surface area contributed by atoms with Crippen LogP contribution in [0.25, 0.3) is 0 Å². The van der Waals surface area contributed by atoms with E-state index in [0.29, 0.717) is 13.0 Å². The highest BCUT2D eigenvalue weighted by atomic mass is 32.2. The van der Waals surface area contributed by atoms with Crippen molar-refractivity contribution < 1.29 is 18.3 Å². The number of rotatable bonds is 11. The summed E-state index contributed by atoms with van der Waals surface area (Å²) in [7, 11) is -3.36. The Labute approximate surface area is 119 Å². The van der Waals surface area contributed by atoms with Gasteiger partial charge in [-0.15, -0.1) is 0 Å². The summed E-state index contributed by atoms with van der Waals surface area (Å²) in [5.41, 5.74) is 0. The molecular weight excluding hydrogens is 288 g/mol. The van der Waals surface area contributed by atoms with Crippen LogP contribution >= 0.6 is 11.8 Å². The van der Waals surface area contributed by atoms with E-state index in [1.807, 2.05) is 0 Å². The van der Waals surface area contributed by atoms with Crippen LogP contribution in [0.2, 0.25) is 0 Å². The highest BCUT2D eigenvalue weighted by molar-refractivity contribution is 7.99. The van der Waals surface area contributed by atoms with Crippen molar-refractivity contribution in [3.05, 3.63) is 0 Å². The first-order valence-electron chi connectivity index (χ1n) is 6.39. The van der Waals surface area contributed by atoms with Crippen molar-refractivity contribution in [2.75, 3.05) is 30.4 Å². The van der Waals surface area contributed by atoms with Gasteiger partial charge in [0.15, 0.2) is 0 Å². The van der Waals surface area contributed by atoms with Crippen molar-refractivity contribution >= 4 is 27.7 Å². The van der Waals surface area contributed by atoms with Crippen LogP contribution in [-0.2, 0) is 14.8 Å². The molecule has 0 radical (unpaired) electrons. The van der Waals surface area contributed by atoms with Crippen LogP contribution in [0.4, 0.5) is 0 Å². The quantitative estimate of drug-likeness (QED) is 0.464. The molecule has 0 spiro atoms. The Bertz CT molecular complexity index is 347. The normalized spacial score (nSPS) is 13.2. The Hall–Kier alpha value is -0.310. The average Bonchev–Trinajstić information content (AvgIpc) is 2.32. The van der Waals surface area contributed by atoms with Crippen molar-refractivity contribution in [2.45, 2.75) is 32.7 Å². The van der Waals surface area contributed by atoms with Crippen molar-refractivity contribution in [1.29, 1.82) is 0 Å². The van der Waals surface area contributed by atoms with Gasteiger partial charge >= 0.3 is 0 Å². The van der Waals surface area contributed by atoms with Gasteiger partial charge in [0.05, 0.1) is 11.8 Å². The number of hydrogen-bond donors (Lipinski definition) is 3. The number of aliphatic hydroxyl groups excluding tert-OH is 1. The van der Waals surface area contributed by atoms with Gasteiger partial charge in [0.1, 0.15) is 0 Å². The highest BCUT2D eigenvalue weighted by Gasteiger charge is 2.18. The maximum Gasteiger partial charge on any atom is 0.237 e. The van der Waals surface area contributed by atoms with Crippen LogP contribution in [0.1, 0.15) is 26.7 Å². The number of aliphatic hydroxyl groups is 1. The molecule has 3 N–H and O–H groups in total. The first-order chi connectivity index (χ1) is 8.93. The molecule has 0 bridgehead atoms. The minimum atomic E-state index is -3.36. The highest BCUT2D eigenvalue weighted by Crippen LogP contribution is 2.00. The SMILES string of the molecule is CCCS(=O)(=O)NC(C)C(=O)NCCSCCCO. The largest absolute Gasteiger partial charge is 0.396 e. The fourth-order valence-corrected chi connectivity index (χ4v) is 3.40. The lowest BCUT2D eigenvalue weighted by atomic mass is 10.3. The number of thioether (sulfide) groups is 1. The lowest BCUT2D eigenvalue weighted by Gasteiger charge is -2.13. The zero-order valence-corrected chi connectivity index (χ0v) is 13.1. The molecule has 0 saturated carbocycles. The Morgan fingerprint density at radius 2 is 2.05 bits per heavy atom. The van der Waals surface area contributed by atoms with Crippen LogP contribution < -0.4 is 10.0 Å². The molecule has 8 heteroatoms. The maximum absolute atomic E-state index is 11.6. The van der Waals surface area contributed by atoms with Crippen LogP contribution in [0.5, 0.6) is 0 Å². The van der Waals surface area contributed by atoms with Gasteiger partial charge in [0.25, 0.3) is 0 Å². The molecular formula is C11H24N2O4S2. The van der Waals surface area contributed by atoms with E-state index in [-0.39, 0.29) is 18.3 Å². The summed E-state index contributed by atoms with van der Waals surface area (Å²) >= 11 is 1.64. The topological polar surface area (TPSA) is 95.5 Å². The Morgan fingerprint density at radius 1 is 1.37 bits per heavy atom. The number of hydrogen-bond acceptors (Lipinski definition) is 5. The summed E-state index contributed by atoms with van der Waals surface area (Å²) < 4.78 is 25.3. The van der Waals surface area contributed by atoms with Gasteiger partial charge in [-0.25, -0.2) is 13.1 Å². The van der Waals surface area contributed by atoms with E-state index >= 15 is 0 Å². The van der Waals surface area contributed by atoms with Crippen molar-refractivity contribution in [3.63, 3.8) is 0 Å². The first kappa shape index (κ1) is 18.7. The van der Waals surface area contributed by atoms with Crippen LogP contribution in [0.3, 0.4) is 0 Å². The average molecular weight is 312 g/mol. The van der Waals surface area contributed by atoms with Gasteiger partial charge in [-0.3, -0.25) is 4.79 Å². The summed E-state index contributed by atoms with van der Waals surface area (Å²) in [4.78, 5) is 11.6. The smallest absolute Gasteiger partial charge is 0.237 e. The van der Waals surface area contributed by atoms with Gasteiger partial charge in [-0.05, 0) is 25.5 Å². The number of carbonyl (C=O) groups is 1. The number of amides is 1. The first-order valence-corrected chi connectivity index (χ1v) is 9.20. The minimum Gasteiger partial charge on any atom is -0.396 e. The second-order valence-electron chi connectivity index (χ2n) is 4.14. The molecule has 0 aliphatic carbocycles. The molecule has 1 amide bonds. The Kier molecular flexibility index (Phi) is 10.3. The third kappa shape index (κ3) is 10.2. The fraction of sp³-hybridized carbons (Fsp3) is 0.909. The molecule has 0 rings (SSSR count). The summed E-state index contributed by atoms with van der Waals surface area (Å²) in [5, 5.41) is 11.3.